The Bertz CT molecular complexity index is 1300. The Hall–Kier alpha value is -3.53. The van der Waals surface area contributed by atoms with Gasteiger partial charge in [0.1, 0.15) is 17.9 Å². The molecule has 6 rings (SSSR count). The first-order chi connectivity index (χ1) is 15.7. The van der Waals surface area contributed by atoms with Gasteiger partial charge in [-0.25, -0.2) is 9.97 Å². The molecule has 9 nitrogen and oxygen atoms in total. The van der Waals surface area contributed by atoms with Crippen LogP contribution in [0.4, 0.5) is 5.82 Å². The Morgan fingerprint density at radius 3 is 2.88 bits per heavy atom. The van der Waals surface area contributed by atoms with Gasteiger partial charge in [0.25, 0.3) is 5.91 Å². The molecule has 0 unspecified atom stereocenters. The van der Waals surface area contributed by atoms with Crippen LogP contribution in [0.3, 0.4) is 0 Å². The van der Waals surface area contributed by atoms with E-state index in [9.17, 15) is 4.79 Å². The molecule has 2 fully saturated rings. The van der Waals surface area contributed by atoms with Crippen LogP contribution in [0.5, 0.6) is 5.75 Å². The average molecular weight is 448 g/mol. The summed E-state index contributed by atoms with van der Waals surface area (Å²) in [5.41, 5.74) is 2.38. The highest BCUT2D eigenvalue weighted by atomic mass is 32.1. The van der Waals surface area contributed by atoms with Crippen LogP contribution in [-0.2, 0) is 0 Å². The molecule has 1 aromatic carbocycles. The second-order valence-corrected chi connectivity index (χ2v) is 9.01. The molecule has 0 saturated heterocycles. The number of anilines is 1. The third-order valence-corrected chi connectivity index (χ3v) is 6.61. The number of thiazole rings is 1. The number of carbonyl (C=O) groups excluding carboxylic acids is 1. The topological polar surface area (TPSA) is 99.8 Å². The summed E-state index contributed by atoms with van der Waals surface area (Å²) >= 11 is 1.43. The molecule has 1 N–H and O–H groups in total. The van der Waals surface area contributed by atoms with E-state index in [2.05, 4.69) is 30.0 Å². The maximum atomic E-state index is 13.1. The number of carbonyl (C=O) groups is 1. The summed E-state index contributed by atoms with van der Waals surface area (Å²) in [6, 6.07) is 5.98. The summed E-state index contributed by atoms with van der Waals surface area (Å²) in [5.74, 6) is 2.00. The molecule has 10 heteroatoms. The molecule has 2 saturated carbocycles. The molecule has 0 radical (unpaired) electrons. The SMILES string of the molecule is COc1ccc(-n2cnc(C3CC3)c2)cc1C(=O)Nc1csc(-c2nncn2C2CC2)n1. The predicted molar refractivity (Wildman–Crippen MR) is 119 cm³/mol. The fraction of sp³-hybridized carbons (Fsp3) is 0.318. The number of hydrogen-bond acceptors (Lipinski definition) is 7. The average Bonchev–Trinajstić information content (AvgIpc) is 3.69. The first kappa shape index (κ1) is 19.2. The minimum atomic E-state index is -0.285. The van der Waals surface area contributed by atoms with Crippen molar-refractivity contribution in [3.8, 4) is 22.3 Å². The van der Waals surface area contributed by atoms with Gasteiger partial charge in [0, 0.05) is 29.2 Å². The van der Waals surface area contributed by atoms with E-state index in [-0.39, 0.29) is 5.91 Å². The van der Waals surface area contributed by atoms with E-state index in [0.717, 1.165) is 35.1 Å². The van der Waals surface area contributed by atoms with Crippen molar-refractivity contribution in [2.75, 3.05) is 12.4 Å². The van der Waals surface area contributed by atoms with Gasteiger partial charge in [-0.3, -0.25) is 4.79 Å². The van der Waals surface area contributed by atoms with Crippen molar-refractivity contribution in [2.45, 2.75) is 37.6 Å². The minimum absolute atomic E-state index is 0.285. The summed E-state index contributed by atoms with van der Waals surface area (Å²) in [4.78, 5) is 22.2. The van der Waals surface area contributed by atoms with Crippen LogP contribution in [-0.4, -0.2) is 42.3 Å². The number of nitrogens with one attached hydrogen (secondary N) is 1. The van der Waals surface area contributed by atoms with Gasteiger partial charge in [-0.15, -0.1) is 21.5 Å². The summed E-state index contributed by atoms with van der Waals surface area (Å²) in [5, 5.41) is 13.7. The Morgan fingerprint density at radius 2 is 2.09 bits per heavy atom. The molecule has 3 heterocycles. The molecule has 0 bridgehead atoms. The second-order valence-electron chi connectivity index (χ2n) is 8.15. The fourth-order valence-corrected chi connectivity index (χ4v) is 4.47. The van der Waals surface area contributed by atoms with Crippen LogP contribution < -0.4 is 10.1 Å². The van der Waals surface area contributed by atoms with Crippen molar-refractivity contribution >= 4 is 23.1 Å². The van der Waals surface area contributed by atoms with Crippen LogP contribution in [0.2, 0.25) is 0 Å². The number of rotatable bonds is 7. The predicted octanol–water partition coefficient (Wildman–Crippen LogP) is 4.06. The van der Waals surface area contributed by atoms with Gasteiger partial charge in [0.15, 0.2) is 10.8 Å². The number of benzene rings is 1. The van der Waals surface area contributed by atoms with Gasteiger partial charge in [0.05, 0.1) is 24.7 Å². The van der Waals surface area contributed by atoms with Gasteiger partial charge in [-0.05, 0) is 43.9 Å². The highest BCUT2D eigenvalue weighted by molar-refractivity contribution is 7.13. The van der Waals surface area contributed by atoms with E-state index in [1.54, 1.807) is 25.8 Å². The van der Waals surface area contributed by atoms with E-state index >= 15 is 0 Å². The second kappa shape index (κ2) is 7.56. The fourth-order valence-electron chi connectivity index (χ4n) is 3.74. The van der Waals surface area contributed by atoms with Gasteiger partial charge in [-0.2, -0.15) is 0 Å². The quantitative estimate of drug-likeness (QED) is 0.459. The first-order valence-electron chi connectivity index (χ1n) is 10.6. The molecule has 32 heavy (non-hydrogen) atoms. The lowest BCUT2D eigenvalue weighted by molar-refractivity contribution is 0.102. The molecule has 162 valence electrons. The molecular formula is C22H21N7O2S. The highest BCUT2D eigenvalue weighted by Gasteiger charge is 2.28. The van der Waals surface area contributed by atoms with E-state index in [1.165, 1.54) is 24.2 Å². The van der Waals surface area contributed by atoms with E-state index in [4.69, 9.17) is 4.74 Å². The van der Waals surface area contributed by atoms with Gasteiger partial charge in [0.2, 0.25) is 0 Å². The lowest BCUT2D eigenvalue weighted by atomic mass is 10.1. The van der Waals surface area contributed by atoms with E-state index in [0.29, 0.717) is 29.1 Å². The van der Waals surface area contributed by atoms with Crippen LogP contribution in [0.25, 0.3) is 16.5 Å². The molecule has 3 aromatic heterocycles. The number of methoxy groups -OCH3 is 1. The summed E-state index contributed by atoms with van der Waals surface area (Å²) < 4.78 is 9.43. The van der Waals surface area contributed by atoms with Crippen molar-refractivity contribution in [3.05, 3.63) is 53.7 Å². The Kier molecular flexibility index (Phi) is 4.53. The molecule has 0 aliphatic heterocycles. The Balaban J connectivity index is 1.25. The van der Waals surface area contributed by atoms with Crippen molar-refractivity contribution < 1.29 is 9.53 Å². The number of hydrogen-bond donors (Lipinski definition) is 1. The Labute approximate surface area is 188 Å². The first-order valence-corrected chi connectivity index (χ1v) is 11.5. The number of imidazole rings is 1. The molecule has 0 atom stereocenters. The van der Waals surface area contributed by atoms with Crippen LogP contribution in [0.15, 0.2) is 42.4 Å². The summed E-state index contributed by atoms with van der Waals surface area (Å²) in [6.45, 7) is 0. The number of aromatic nitrogens is 6. The van der Waals surface area contributed by atoms with Crippen LogP contribution in [0.1, 0.15) is 53.7 Å². The standard InChI is InChI=1S/C22H21N7O2S/c1-31-18-7-6-15(28-9-17(23-11-28)13-2-3-13)8-16(18)21(30)25-19-10-32-22(26-19)20-27-24-12-29(20)14-4-5-14/h6-14H,2-5H2,1H3,(H,25,30). The number of nitrogens with zero attached hydrogens (tertiary/aromatic N) is 6. The lowest BCUT2D eigenvalue weighted by Gasteiger charge is -2.11. The van der Waals surface area contributed by atoms with Gasteiger partial charge < -0.3 is 19.2 Å². The highest BCUT2D eigenvalue weighted by Crippen LogP contribution is 2.39. The van der Waals surface area contributed by atoms with Gasteiger partial charge >= 0.3 is 0 Å². The third kappa shape index (κ3) is 3.56. The largest absolute Gasteiger partial charge is 0.496 e. The molecule has 2 aliphatic carbocycles. The maximum absolute atomic E-state index is 13.1. The maximum Gasteiger partial charge on any atom is 0.260 e. The van der Waals surface area contributed by atoms with Crippen LogP contribution >= 0.6 is 11.3 Å². The molecular weight excluding hydrogens is 426 g/mol. The summed E-state index contributed by atoms with van der Waals surface area (Å²) in [6.07, 6.45) is 10.2. The normalized spacial score (nSPS) is 15.7. The molecule has 4 aromatic rings. The van der Waals surface area contributed by atoms with Crippen molar-refractivity contribution in [3.63, 3.8) is 0 Å². The minimum Gasteiger partial charge on any atom is -0.496 e. The lowest BCUT2D eigenvalue weighted by Crippen LogP contribution is -2.14. The number of amides is 1. The monoisotopic (exact) mass is 447 g/mol. The summed E-state index contributed by atoms with van der Waals surface area (Å²) in [7, 11) is 1.56. The van der Waals surface area contributed by atoms with Gasteiger partial charge in [-0.1, -0.05) is 0 Å². The van der Waals surface area contributed by atoms with Crippen LogP contribution in [0, 0.1) is 0 Å². The van der Waals surface area contributed by atoms with Crippen molar-refractivity contribution in [1.29, 1.82) is 0 Å². The van der Waals surface area contributed by atoms with Crippen molar-refractivity contribution in [1.82, 2.24) is 29.3 Å². The third-order valence-electron chi connectivity index (χ3n) is 5.77. The number of ether oxygens (including phenoxy) is 1. The smallest absolute Gasteiger partial charge is 0.260 e. The van der Waals surface area contributed by atoms with E-state index < -0.39 is 0 Å². The van der Waals surface area contributed by atoms with E-state index in [1.807, 2.05) is 28.3 Å². The van der Waals surface area contributed by atoms with Crippen molar-refractivity contribution in [2.24, 2.45) is 0 Å². The zero-order chi connectivity index (χ0) is 21.7. The molecule has 2 aliphatic rings. The Morgan fingerprint density at radius 1 is 1.22 bits per heavy atom. The zero-order valence-electron chi connectivity index (χ0n) is 17.4. The molecule has 1 amide bonds. The zero-order valence-corrected chi connectivity index (χ0v) is 18.2. The molecule has 0 spiro atoms.